The van der Waals surface area contributed by atoms with Gasteiger partial charge in [-0.15, -0.1) is 0 Å². The summed E-state index contributed by atoms with van der Waals surface area (Å²) in [5, 5.41) is 1.00. The maximum absolute atomic E-state index is 11.6. The van der Waals surface area contributed by atoms with Crippen LogP contribution in [-0.4, -0.2) is 9.86 Å². The SMILES string of the molecule is CC(=O)n1sc2ccc(Cl)cc2c1=O. The van der Waals surface area contributed by atoms with Crippen LogP contribution in [0.1, 0.15) is 11.7 Å². The lowest BCUT2D eigenvalue weighted by atomic mass is 10.3. The third kappa shape index (κ3) is 1.36. The zero-order chi connectivity index (χ0) is 10.3. The maximum Gasteiger partial charge on any atom is 0.275 e. The summed E-state index contributed by atoms with van der Waals surface area (Å²) in [5.41, 5.74) is -0.292. The Morgan fingerprint density at radius 2 is 2.21 bits per heavy atom. The van der Waals surface area contributed by atoms with E-state index in [1.165, 1.54) is 6.92 Å². The van der Waals surface area contributed by atoms with Crippen molar-refractivity contribution >= 4 is 39.1 Å². The highest BCUT2D eigenvalue weighted by molar-refractivity contribution is 7.14. The minimum Gasteiger partial charge on any atom is -0.273 e. The van der Waals surface area contributed by atoms with Gasteiger partial charge in [-0.25, -0.2) is 0 Å². The van der Waals surface area contributed by atoms with Crippen molar-refractivity contribution in [2.45, 2.75) is 6.92 Å². The molecular formula is C9H6ClNO2S. The standard InChI is InChI=1S/C9H6ClNO2S/c1-5(12)11-9(13)7-4-6(10)2-3-8(7)14-11/h2-4H,1H3. The summed E-state index contributed by atoms with van der Waals surface area (Å²) in [7, 11) is 0. The third-order valence-corrected chi connectivity index (χ3v) is 3.23. The molecule has 2 rings (SSSR count). The number of rotatable bonds is 0. The van der Waals surface area contributed by atoms with E-state index in [4.69, 9.17) is 11.6 Å². The fourth-order valence-corrected chi connectivity index (χ4v) is 2.26. The first kappa shape index (κ1) is 9.43. The van der Waals surface area contributed by atoms with Gasteiger partial charge in [0.25, 0.3) is 5.56 Å². The normalized spacial score (nSPS) is 10.7. The van der Waals surface area contributed by atoms with Gasteiger partial charge >= 0.3 is 0 Å². The van der Waals surface area contributed by atoms with E-state index < -0.39 is 0 Å². The van der Waals surface area contributed by atoms with Crippen molar-refractivity contribution in [1.29, 1.82) is 0 Å². The number of hydrogen-bond donors (Lipinski definition) is 0. The van der Waals surface area contributed by atoms with Crippen molar-refractivity contribution in [2.24, 2.45) is 0 Å². The summed E-state index contributed by atoms with van der Waals surface area (Å²) in [4.78, 5) is 22.7. The molecule has 0 aliphatic carbocycles. The second kappa shape index (κ2) is 3.22. The van der Waals surface area contributed by atoms with Crippen LogP contribution in [0.3, 0.4) is 0 Å². The van der Waals surface area contributed by atoms with Crippen molar-refractivity contribution in [3.8, 4) is 0 Å². The summed E-state index contributed by atoms with van der Waals surface area (Å²) in [6.45, 7) is 1.36. The maximum atomic E-state index is 11.6. The van der Waals surface area contributed by atoms with Crippen LogP contribution in [0.4, 0.5) is 0 Å². The molecule has 0 bridgehead atoms. The number of aromatic nitrogens is 1. The van der Waals surface area contributed by atoms with Crippen LogP contribution in [-0.2, 0) is 0 Å². The summed E-state index contributed by atoms with van der Waals surface area (Å²) in [6.07, 6.45) is 0. The second-order valence-corrected chi connectivity index (χ2v) is 4.27. The molecule has 0 N–H and O–H groups in total. The molecule has 0 saturated heterocycles. The molecule has 0 atom stereocenters. The van der Waals surface area contributed by atoms with Gasteiger partial charge in [0.2, 0.25) is 5.91 Å². The van der Waals surface area contributed by atoms with Crippen LogP contribution in [0.2, 0.25) is 5.02 Å². The Kier molecular flexibility index (Phi) is 2.17. The van der Waals surface area contributed by atoms with Gasteiger partial charge in [-0.05, 0) is 29.7 Å². The molecule has 14 heavy (non-hydrogen) atoms. The lowest BCUT2D eigenvalue weighted by Gasteiger charge is -1.86. The van der Waals surface area contributed by atoms with Crippen LogP contribution < -0.4 is 5.56 Å². The van der Waals surface area contributed by atoms with Gasteiger partial charge in [-0.1, -0.05) is 11.6 Å². The Bertz CT molecular complexity index is 570. The molecule has 1 heterocycles. The lowest BCUT2D eigenvalue weighted by Crippen LogP contribution is -2.17. The van der Waals surface area contributed by atoms with E-state index in [1.54, 1.807) is 18.2 Å². The zero-order valence-corrected chi connectivity index (χ0v) is 8.85. The highest BCUT2D eigenvalue weighted by Crippen LogP contribution is 2.20. The van der Waals surface area contributed by atoms with Crippen LogP contribution in [0.5, 0.6) is 0 Å². The molecule has 0 unspecified atom stereocenters. The third-order valence-electron chi connectivity index (χ3n) is 1.83. The van der Waals surface area contributed by atoms with Gasteiger partial charge in [0.05, 0.1) is 10.1 Å². The Morgan fingerprint density at radius 3 is 2.86 bits per heavy atom. The molecule has 2 aromatic rings. The van der Waals surface area contributed by atoms with Gasteiger partial charge in [0.15, 0.2) is 0 Å². The van der Waals surface area contributed by atoms with Gasteiger partial charge in [-0.3, -0.25) is 9.59 Å². The van der Waals surface area contributed by atoms with Crippen LogP contribution in [0, 0.1) is 0 Å². The quantitative estimate of drug-likeness (QED) is 0.693. The van der Waals surface area contributed by atoms with Gasteiger partial charge < -0.3 is 0 Å². The van der Waals surface area contributed by atoms with Crippen LogP contribution >= 0.6 is 23.1 Å². The number of halogens is 1. The van der Waals surface area contributed by atoms with E-state index in [-0.39, 0.29) is 11.5 Å². The van der Waals surface area contributed by atoms with E-state index in [9.17, 15) is 9.59 Å². The number of benzene rings is 1. The first-order valence-corrected chi connectivity index (χ1v) is 5.07. The first-order chi connectivity index (χ1) is 6.59. The average molecular weight is 228 g/mol. The van der Waals surface area contributed by atoms with Crippen LogP contribution in [0.25, 0.3) is 10.1 Å². The number of carbonyl (C=O) groups excluding carboxylic acids is 1. The smallest absolute Gasteiger partial charge is 0.273 e. The van der Waals surface area contributed by atoms with Gasteiger partial charge in [0.1, 0.15) is 0 Å². The Hall–Kier alpha value is -1.13. The predicted molar refractivity (Wildman–Crippen MR) is 57.4 cm³/mol. The zero-order valence-electron chi connectivity index (χ0n) is 7.28. The Labute approximate surface area is 88.7 Å². The topological polar surface area (TPSA) is 39.1 Å². The molecule has 0 radical (unpaired) electrons. The van der Waals surface area contributed by atoms with Crippen molar-refractivity contribution in [2.75, 3.05) is 0 Å². The van der Waals surface area contributed by atoms with Gasteiger partial charge in [-0.2, -0.15) is 3.96 Å². The van der Waals surface area contributed by atoms with E-state index in [0.29, 0.717) is 10.4 Å². The van der Waals surface area contributed by atoms with Crippen molar-refractivity contribution in [3.05, 3.63) is 33.6 Å². The number of carbonyl (C=O) groups is 1. The monoisotopic (exact) mass is 227 g/mol. The molecule has 0 spiro atoms. The molecule has 1 aromatic heterocycles. The lowest BCUT2D eigenvalue weighted by molar-refractivity contribution is 0.0946. The highest BCUT2D eigenvalue weighted by atomic mass is 35.5. The highest BCUT2D eigenvalue weighted by Gasteiger charge is 2.10. The molecule has 72 valence electrons. The predicted octanol–water partition coefficient (Wildman–Crippen LogP) is 2.38. The molecule has 0 aliphatic rings. The van der Waals surface area contributed by atoms with Crippen molar-refractivity contribution in [3.63, 3.8) is 0 Å². The first-order valence-electron chi connectivity index (χ1n) is 3.92. The molecule has 0 amide bonds. The molecule has 3 nitrogen and oxygen atoms in total. The summed E-state index contributed by atoms with van der Waals surface area (Å²) >= 11 is 6.89. The molecular weight excluding hydrogens is 222 g/mol. The summed E-state index contributed by atoms with van der Waals surface area (Å²) < 4.78 is 1.90. The second-order valence-electron chi connectivity index (χ2n) is 2.85. The van der Waals surface area contributed by atoms with Crippen LogP contribution in [0.15, 0.2) is 23.0 Å². The largest absolute Gasteiger partial charge is 0.275 e. The minimum absolute atomic E-state index is 0.271. The Balaban J connectivity index is 2.88. The Morgan fingerprint density at radius 1 is 1.50 bits per heavy atom. The molecule has 5 heteroatoms. The molecule has 0 saturated carbocycles. The fourth-order valence-electron chi connectivity index (χ4n) is 1.21. The van der Waals surface area contributed by atoms with Crippen molar-refractivity contribution < 1.29 is 4.79 Å². The average Bonchev–Trinajstić information content (AvgIpc) is 2.44. The fraction of sp³-hybridized carbons (Fsp3) is 0.111. The minimum atomic E-state index is -0.292. The number of nitrogens with zero attached hydrogens (tertiary/aromatic N) is 1. The molecule has 0 aliphatic heterocycles. The molecule has 0 fully saturated rings. The summed E-state index contributed by atoms with van der Waals surface area (Å²) in [6, 6.07) is 5.02. The van der Waals surface area contributed by atoms with E-state index >= 15 is 0 Å². The summed E-state index contributed by atoms with van der Waals surface area (Å²) in [5.74, 6) is -0.271. The van der Waals surface area contributed by atoms with E-state index in [1.807, 2.05) is 0 Å². The number of fused-ring (bicyclic) bond motifs is 1. The van der Waals surface area contributed by atoms with E-state index in [0.717, 1.165) is 20.2 Å². The van der Waals surface area contributed by atoms with Crippen molar-refractivity contribution in [1.82, 2.24) is 3.96 Å². The van der Waals surface area contributed by atoms with E-state index in [2.05, 4.69) is 0 Å². The van der Waals surface area contributed by atoms with Gasteiger partial charge in [0, 0.05) is 11.9 Å². The number of hydrogen-bond acceptors (Lipinski definition) is 3. The molecule has 1 aromatic carbocycles.